The van der Waals surface area contributed by atoms with Crippen LogP contribution in [-0.4, -0.2) is 20.4 Å². The molecule has 0 heterocycles. The Bertz CT molecular complexity index is 1310. The maximum absolute atomic E-state index is 13.1. The van der Waals surface area contributed by atoms with Gasteiger partial charge in [-0.25, -0.2) is 8.42 Å². The summed E-state index contributed by atoms with van der Waals surface area (Å²) < 4.78 is 72.3. The maximum atomic E-state index is 13.1. The summed E-state index contributed by atoms with van der Waals surface area (Å²) in [6, 6.07) is 15.2. The fourth-order valence-corrected chi connectivity index (χ4v) is 4.41. The van der Waals surface area contributed by atoms with Gasteiger partial charge < -0.3 is 10.1 Å². The Kier molecular flexibility index (Phi) is 7.97. The molecule has 0 radical (unpaired) electrons. The molecule has 2 N–H and O–H groups in total. The van der Waals surface area contributed by atoms with Gasteiger partial charge in [-0.3, -0.25) is 9.52 Å². The highest BCUT2D eigenvalue weighted by molar-refractivity contribution is 7.92. The Morgan fingerprint density at radius 1 is 1.03 bits per heavy atom. The third-order valence-electron chi connectivity index (χ3n) is 4.89. The first kappa shape index (κ1) is 26.4. The van der Waals surface area contributed by atoms with E-state index in [4.69, 9.17) is 16.3 Å². The van der Waals surface area contributed by atoms with Crippen LogP contribution in [0.15, 0.2) is 71.6 Å². The number of hydrogen-bond acceptors (Lipinski definition) is 4. The van der Waals surface area contributed by atoms with E-state index in [1.165, 1.54) is 24.3 Å². The number of ether oxygens (including phenoxy) is 1. The molecule has 3 aromatic rings. The molecule has 35 heavy (non-hydrogen) atoms. The molecule has 3 rings (SSSR count). The van der Waals surface area contributed by atoms with Crippen LogP contribution in [-0.2, 0) is 21.0 Å². The standard InChI is InChI=1S/C24H22ClF3N2O4S/c1-3-22(34-18-6-4-5-15(2)13-18)23(31)29-16-7-10-19(11-8-16)35(32,33)30-17-9-12-21(25)20(14-17)24(26,27)28/h4-14,22,30H,3H2,1-2H3,(H,29,31)/t22-/m1/s1. The average Bonchev–Trinajstić information content (AvgIpc) is 2.78. The summed E-state index contributed by atoms with van der Waals surface area (Å²) in [5.74, 6) is 0.138. The molecular weight excluding hydrogens is 505 g/mol. The number of alkyl halides is 3. The molecule has 0 aliphatic rings. The summed E-state index contributed by atoms with van der Waals surface area (Å²) in [4.78, 5) is 12.4. The third kappa shape index (κ3) is 6.89. The van der Waals surface area contributed by atoms with Gasteiger partial charge in [0.15, 0.2) is 6.10 Å². The van der Waals surface area contributed by atoms with E-state index in [2.05, 4.69) is 10.0 Å². The van der Waals surface area contributed by atoms with E-state index in [1.54, 1.807) is 19.1 Å². The van der Waals surface area contributed by atoms with Gasteiger partial charge in [0.25, 0.3) is 15.9 Å². The van der Waals surface area contributed by atoms with E-state index in [0.29, 0.717) is 23.9 Å². The molecule has 0 fully saturated rings. The molecule has 0 unspecified atom stereocenters. The zero-order valence-corrected chi connectivity index (χ0v) is 20.3. The van der Waals surface area contributed by atoms with Crippen LogP contribution in [0.2, 0.25) is 5.02 Å². The zero-order valence-electron chi connectivity index (χ0n) is 18.7. The largest absolute Gasteiger partial charge is 0.481 e. The highest BCUT2D eigenvalue weighted by atomic mass is 35.5. The van der Waals surface area contributed by atoms with Crippen molar-refractivity contribution >= 4 is 38.9 Å². The van der Waals surface area contributed by atoms with Crippen molar-refractivity contribution in [2.75, 3.05) is 10.0 Å². The van der Waals surface area contributed by atoms with Gasteiger partial charge in [0.1, 0.15) is 5.75 Å². The first-order valence-corrected chi connectivity index (χ1v) is 12.3. The number of amides is 1. The summed E-state index contributed by atoms with van der Waals surface area (Å²) in [5, 5.41) is 2.12. The summed E-state index contributed by atoms with van der Waals surface area (Å²) >= 11 is 5.57. The summed E-state index contributed by atoms with van der Waals surface area (Å²) in [6.07, 6.45) is -5.11. The quantitative estimate of drug-likeness (QED) is 0.362. The fraction of sp³-hybridized carbons (Fsp3) is 0.208. The minimum atomic E-state index is -4.74. The smallest absolute Gasteiger partial charge is 0.417 e. The van der Waals surface area contributed by atoms with E-state index in [0.717, 1.165) is 17.7 Å². The van der Waals surface area contributed by atoms with Crippen molar-refractivity contribution in [2.45, 2.75) is 37.4 Å². The monoisotopic (exact) mass is 526 g/mol. The molecule has 1 amide bonds. The van der Waals surface area contributed by atoms with Crippen molar-refractivity contribution in [3.63, 3.8) is 0 Å². The number of benzene rings is 3. The lowest BCUT2D eigenvalue weighted by atomic mass is 10.2. The van der Waals surface area contributed by atoms with Gasteiger partial charge >= 0.3 is 6.18 Å². The van der Waals surface area contributed by atoms with Crippen molar-refractivity contribution in [2.24, 2.45) is 0 Å². The van der Waals surface area contributed by atoms with Gasteiger partial charge in [-0.15, -0.1) is 0 Å². The minimum Gasteiger partial charge on any atom is -0.481 e. The zero-order chi connectivity index (χ0) is 25.8. The third-order valence-corrected chi connectivity index (χ3v) is 6.61. The maximum Gasteiger partial charge on any atom is 0.417 e. The molecule has 0 aliphatic heterocycles. The first-order chi connectivity index (χ1) is 16.4. The summed E-state index contributed by atoms with van der Waals surface area (Å²) in [5.41, 5.74) is -0.142. The highest BCUT2D eigenvalue weighted by Crippen LogP contribution is 2.36. The van der Waals surface area contributed by atoms with Crippen LogP contribution in [0.1, 0.15) is 24.5 Å². The number of hydrogen-bond donors (Lipinski definition) is 2. The average molecular weight is 527 g/mol. The second-order valence-electron chi connectivity index (χ2n) is 7.64. The Morgan fingerprint density at radius 2 is 1.69 bits per heavy atom. The number of rotatable bonds is 8. The van der Waals surface area contributed by atoms with Crippen LogP contribution in [0.4, 0.5) is 24.5 Å². The first-order valence-electron chi connectivity index (χ1n) is 10.4. The number of sulfonamides is 1. The molecule has 6 nitrogen and oxygen atoms in total. The molecule has 0 aliphatic carbocycles. The van der Waals surface area contributed by atoms with Gasteiger partial charge in [0.2, 0.25) is 0 Å². The Hall–Kier alpha value is -3.24. The van der Waals surface area contributed by atoms with Crippen molar-refractivity contribution in [1.29, 1.82) is 0 Å². The van der Waals surface area contributed by atoms with E-state index >= 15 is 0 Å². The predicted octanol–water partition coefficient (Wildman–Crippen LogP) is 6.26. The SMILES string of the molecule is CC[C@@H](Oc1cccc(C)c1)C(=O)Nc1ccc(S(=O)(=O)Nc2ccc(Cl)c(C(F)(F)F)c2)cc1. The van der Waals surface area contributed by atoms with E-state index in [1.807, 2.05) is 19.1 Å². The molecular formula is C24H22ClF3N2O4S. The molecule has 1 atom stereocenters. The predicted molar refractivity (Wildman–Crippen MR) is 128 cm³/mol. The van der Waals surface area contributed by atoms with Gasteiger partial charge in [-0.1, -0.05) is 30.7 Å². The van der Waals surface area contributed by atoms with Crippen LogP contribution in [0.25, 0.3) is 0 Å². The molecule has 0 saturated carbocycles. The van der Waals surface area contributed by atoms with Crippen LogP contribution < -0.4 is 14.8 Å². The van der Waals surface area contributed by atoms with Gasteiger partial charge in [0.05, 0.1) is 15.5 Å². The molecule has 186 valence electrons. The van der Waals surface area contributed by atoms with Crippen LogP contribution in [0.5, 0.6) is 5.75 Å². The number of nitrogens with one attached hydrogen (secondary N) is 2. The lowest BCUT2D eigenvalue weighted by molar-refractivity contribution is -0.137. The number of aryl methyl sites for hydroxylation is 1. The minimum absolute atomic E-state index is 0.206. The Morgan fingerprint density at radius 3 is 2.29 bits per heavy atom. The second-order valence-corrected chi connectivity index (χ2v) is 9.73. The molecule has 3 aromatic carbocycles. The Balaban J connectivity index is 1.70. The molecule has 0 spiro atoms. The van der Waals surface area contributed by atoms with Crippen LogP contribution >= 0.6 is 11.6 Å². The van der Waals surface area contributed by atoms with Crippen LogP contribution in [0, 0.1) is 6.92 Å². The lowest BCUT2D eigenvalue weighted by Crippen LogP contribution is -2.32. The van der Waals surface area contributed by atoms with Crippen molar-refractivity contribution < 1.29 is 31.1 Å². The molecule has 0 saturated heterocycles. The van der Waals surface area contributed by atoms with Gasteiger partial charge in [-0.2, -0.15) is 13.2 Å². The number of halogens is 4. The molecule has 0 bridgehead atoms. The number of carbonyl (C=O) groups excluding carboxylic acids is 1. The van der Waals surface area contributed by atoms with E-state index < -0.39 is 38.8 Å². The van der Waals surface area contributed by atoms with Crippen molar-refractivity contribution in [3.8, 4) is 5.75 Å². The van der Waals surface area contributed by atoms with Crippen LogP contribution in [0.3, 0.4) is 0 Å². The normalized spacial score (nSPS) is 12.6. The fourth-order valence-electron chi connectivity index (χ4n) is 3.14. The topological polar surface area (TPSA) is 84.5 Å². The van der Waals surface area contributed by atoms with E-state index in [-0.39, 0.29) is 10.6 Å². The molecule has 11 heteroatoms. The second kappa shape index (κ2) is 10.6. The molecule has 0 aromatic heterocycles. The summed E-state index contributed by atoms with van der Waals surface area (Å²) in [7, 11) is -4.20. The van der Waals surface area contributed by atoms with Gasteiger partial charge in [0, 0.05) is 11.4 Å². The highest BCUT2D eigenvalue weighted by Gasteiger charge is 2.33. The van der Waals surface area contributed by atoms with E-state index in [9.17, 15) is 26.4 Å². The lowest BCUT2D eigenvalue weighted by Gasteiger charge is -2.18. The van der Waals surface area contributed by atoms with Crippen molar-refractivity contribution in [1.82, 2.24) is 0 Å². The summed E-state index contributed by atoms with van der Waals surface area (Å²) in [6.45, 7) is 3.70. The number of anilines is 2. The van der Waals surface area contributed by atoms with Gasteiger partial charge in [-0.05, 0) is 73.5 Å². The number of carbonyl (C=O) groups is 1. The Labute approximate surface area is 206 Å². The van der Waals surface area contributed by atoms with Crippen molar-refractivity contribution in [3.05, 3.63) is 82.9 Å².